The van der Waals surface area contributed by atoms with Crippen molar-refractivity contribution in [2.24, 2.45) is 5.92 Å². The Kier molecular flexibility index (Phi) is 3.22. The third-order valence-corrected chi connectivity index (χ3v) is 5.54. The zero-order valence-corrected chi connectivity index (χ0v) is 11.9. The maximum atomic E-state index is 11.4. The second-order valence-electron chi connectivity index (χ2n) is 4.99. The highest BCUT2D eigenvalue weighted by Crippen LogP contribution is 2.23. The second kappa shape index (κ2) is 4.76. The van der Waals surface area contributed by atoms with Crippen LogP contribution in [-0.2, 0) is 16.3 Å². The van der Waals surface area contributed by atoms with Gasteiger partial charge in [-0.3, -0.25) is 4.40 Å². The largest absolute Gasteiger partial charge is 0.286 e. The van der Waals surface area contributed by atoms with Crippen LogP contribution < -0.4 is 0 Å². The first-order valence-electron chi connectivity index (χ1n) is 6.23. The summed E-state index contributed by atoms with van der Waals surface area (Å²) in [4.78, 5) is 0. The lowest BCUT2D eigenvalue weighted by molar-refractivity contribution is 0.452. The van der Waals surface area contributed by atoms with Gasteiger partial charge < -0.3 is 0 Å². The maximum Gasteiger partial charge on any atom is 0.162 e. The number of nitrogens with zero attached hydrogens (tertiary/aromatic N) is 3. The van der Waals surface area contributed by atoms with Crippen LogP contribution in [0.3, 0.4) is 0 Å². The van der Waals surface area contributed by atoms with Crippen LogP contribution in [0.25, 0.3) is 5.65 Å². The zero-order chi connectivity index (χ0) is 13.5. The van der Waals surface area contributed by atoms with Crippen molar-refractivity contribution in [2.45, 2.75) is 19.3 Å². The minimum atomic E-state index is -2.80. The van der Waals surface area contributed by atoms with E-state index in [-0.39, 0.29) is 0 Å². The highest BCUT2D eigenvalue weighted by atomic mass is 35.5. The van der Waals surface area contributed by atoms with E-state index >= 15 is 0 Å². The number of fused-ring (bicyclic) bond motifs is 1. The molecule has 5 nitrogen and oxygen atoms in total. The Bertz CT molecular complexity index is 697. The Morgan fingerprint density at radius 3 is 2.79 bits per heavy atom. The first-order chi connectivity index (χ1) is 9.03. The van der Waals surface area contributed by atoms with Crippen LogP contribution in [0.5, 0.6) is 0 Å². The molecule has 0 unspecified atom stereocenters. The molecule has 7 heteroatoms. The van der Waals surface area contributed by atoms with Crippen LogP contribution in [0.15, 0.2) is 18.3 Å². The fourth-order valence-electron chi connectivity index (χ4n) is 2.46. The van der Waals surface area contributed by atoms with Gasteiger partial charge in [-0.2, -0.15) is 0 Å². The number of hydrogen-bond donors (Lipinski definition) is 0. The van der Waals surface area contributed by atoms with Crippen LogP contribution in [0, 0.1) is 5.92 Å². The lowest BCUT2D eigenvalue weighted by atomic mass is 9.98. The molecule has 19 heavy (non-hydrogen) atoms. The van der Waals surface area contributed by atoms with Crippen LogP contribution >= 0.6 is 11.6 Å². The molecular weight excluding hydrogens is 286 g/mol. The predicted molar refractivity (Wildman–Crippen MR) is 73.1 cm³/mol. The number of rotatable bonds is 2. The first kappa shape index (κ1) is 12.9. The molecule has 0 aliphatic carbocycles. The molecule has 2 aromatic heterocycles. The van der Waals surface area contributed by atoms with Gasteiger partial charge in [-0.1, -0.05) is 11.6 Å². The Morgan fingerprint density at radius 2 is 2.05 bits per heavy atom. The van der Waals surface area contributed by atoms with Crippen molar-refractivity contribution >= 4 is 27.1 Å². The molecule has 3 rings (SSSR count). The van der Waals surface area contributed by atoms with E-state index in [1.54, 1.807) is 12.1 Å². The number of pyridine rings is 1. The zero-order valence-electron chi connectivity index (χ0n) is 10.3. The normalized spacial score (nSPS) is 19.8. The van der Waals surface area contributed by atoms with E-state index in [2.05, 4.69) is 10.2 Å². The van der Waals surface area contributed by atoms with Crippen molar-refractivity contribution in [1.82, 2.24) is 14.6 Å². The monoisotopic (exact) mass is 299 g/mol. The summed E-state index contributed by atoms with van der Waals surface area (Å²) < 4.78 is 24.7. The third-order valence-electron chi connectivity index (χ3n) is 3.59. The van der Waals surface area contributed by atoms with Crippen molar-refractivity contribution in [1.29, 1.82) is 0 Å². The standard InChI is InChI=1S/C12H14ClN3O2S/c13-10-1-4-16-11(14-15-12(16)8-10)7-9-2-5-19(17,18)6-3-9/h1,4,8-9H,2-3,5-7H2. The summed E-state index contributed by atoms with van der Waals surface area (Å²) in [7, 11) is -2.80. The van der Waals surface area contributed by atoms with Gasteiger partial charge in [0.15, 0.2) is 5.65 Å². The van der Waals surface area contributed by atoms with Crippen LogP contribution in [0.1, 0.15) is 18.7 Å². The number of sulfone groups is 1. The summed E-state index contributed by atoms with van der Waals surface area (Å²) in [5.74, 6) is 1.82. The molecule has 1 fully saturated rings. The molecule has 2 aromatic rings. The summed E-state index contributed by atoms with van der Waals surface area (Å²) in [6, 6.07) is 3.57. The SMILES string of the molecule is O=S1(=O)CCC(Cc2nnc3cc(Cl)ccn23)CC1. The van der Waals surface area contributed by atoms with Crippen LogP contribution in [0.4, 0.5) is 0 Å². The molecule has 1 aliphatic heterocycles. The molecule has 0 aromatic carbocycles. The van der Waals surface area contributed by atoms with E-state index in [0.717, 1.165) is 17.9 Å². The smallest absolute Gasteiger partial charge is 0.162 e. The van der Waals surface area contributed by atoms with Gasteiger partial charge in [-0.25, -0.2) is 8.42 Å². The molecule has 0 saturated carbocycles. The van der Waals surface area contributed by atoms with Gasteiger partial charge in [0.25, 0.3) is 0 Å². The molecule has 102 valence electrons. The van der Waals surface area contributed by atoms with Gasteiger partial charge >= 0.3 is 0 Å². The van der Waals surface area contributed by atoms with Crippen molar-refractivity contribution in [3.05, 3.63) is 29.2 Å². The van der Waals surface area contributed by atoms with Crippen molar-refractivity contribution in [2.75, 3.05) is 11.5 Å². The maximum absolute atomic E-state index is 11.4. The van der Waals surface area contributed by atoms with E-state index in [4.69, 9.17) is 11.6 Å². The summed E-state index contributed by atoms with van der Waals surface area (Å²) in [6.07, 6.45) is 4.04. The van der Waals surface area contributed by atoms with E-state index in [0.29, 0.717) is 35.3 Å². The van der Waals surface area contributed by atoms with Gasteiger partial charge in [0.2, 0.25) is 0 Å². The van der Waals surface area contributed by atoms with Crippen molar-refractivity contribution < 1.29 is 8.42 Å². The average molecular weight is 300 g/mol. The van der Waals surface area contributed by atoms with Gasteiger partial charge in [0.1, 0.15) is 15.7 Å². The van der Waals surface area contributed by atoms with Gasteiger partial charge in [0.05, 0.1) is 11.5 Å². The molecule has 0 bridgehead atoms. The second-order valence-corrected chi connectivity index (χ2v) is 7.73. The molecule has 0 spiro atoms. The summed E-state index contributed by atoms with van der Waals surface area (Å²) in [6.45, 7) is 0. The number of aromatic nitrogens is 3. The Morgan fingerprint density at radius 1 is 1.32 bits per heavy atom. The molecule has 0 N–H and O–H groups in total. The Labute approximate surface area is 116 Å². The Hall–Kier alpha value is -1.14. The van der Waals surface area contributed by atoms with Crippen LogP contribution in [0.2, 0.25) is 5.02 Å². The average Bonchev–Trinajstić information content (AvgIpc) is 2.74. The van der Waals surface area contributed by atoms with E-state index in [9.17, 15) is 8.42 Å². The topological polar surface area (TPSA) is 64.3 Å². The van der Waals surface area contributed by atoms with E-state index in [1.165, 1.54) is 0 Å². The highest BCUT2D eigenvalue weighted by molar-refractivity contribution is 7.91. The molecule has 3 heterocycles. The molecule has 0 atom stereocenters. The first-order valence-corrected chi connectivity index (χ1v) is 8.43. The molecule has 1 saturated heterocycles. The third kappa shape index (κ3) is 2.74. The van der Waals surface area contributed by atoms with Crippen LogP contribution in [-0.4, -0.2) is 34.5 Å². The van der Waals surface area contributed by atoms with Crippen molar-refractivity contribution in [3.8, 4) is 0 Å². The molecular formula is C12H14ClN3O2S. The van der Waals surface area contributed by atoms with Crippen molar-refractivity contribution in [3.63, 3.8) is 0 Å². The minimum Gasteiger partial charge on any atom is -0.286 e. The number of halogens is 1. The summed E-state index contributed by atoms with van der Waals surface area (Å²) >= 11 is 5.90. The molecule has 0 radical (unpaired) electrons. The summed E-state index contributed by atoms with van der Waals surface area (Å²) in [5, 5.41) is 8.89. The Balaban J connectivity index is 1.79. The molecule has 1 aliphatic rings. The number of hydrogen-bond acceptors (Lipinski definition) is 4. The van der Waals surface area contributed by atoms with E-state index < -0.39 is 9.84 Å². The lowest BCUT2D eigenvalue weighted by Crippen LogP contribution is -2.25. The van der Waals surface area contributed by atoms with E-state index in [1.807, 2.05) is 10.6 Å². The lowest BCUT2D eigenvalue weighted by Gasteiger charge is -2.20. The highest BCUT2D eigenvalue weighted by Gasteiger charge is 2.24. The van der Waals surface area contributed by atoms with Gasteiger partial charge in [-0.05, 0) is 24.8 Å². The fourth-order valence-corrected chi connectivity index (χ4v) is 4.20. The molecule has 0 amide bonds. The predicted octanol–water partition coefficient (Wildman–Crippen LogP) is 1.75. The van der Waals surface area contributed by atoms with Gasteiger partial charge in [-0.15, -0.1) is 10.2 Å². The van der Waals surface area contributed by atoms with Gasteiger partial charge in [0, 0.05) is 23.7 Å². The quantitative estimate of drug-likeness (QED) is 0.847. The minimum absolute atomic E-state index is 0.292. The summed E-state index contributed by atoms with van der Waals surface area (Å²) in [5.41, 5.74) is 0.728. The fraction of sp³-hybridized carbons (Fsp3) is 0.500.